The van der Waals surface area contributed by atoms with Gasteiger partial charge in [0.2, 0.25) is 0 Å². The molecule has 0 atom stereocenters. The van der Waals surface area contributed by atoms with Crippen LogP contribution in [-0.2, 0) is 0 Å². The van der Waals surface area contributed by atoms with Crippen LogP contribution in [0.15, 0.2) is 23.5 Å². The number of piperazine rings is 1. The van der Waals surface area contributed by atoms with Gasteiger partial charge in [-0.1, -0.05) is 0 Å². The van der Waals surface area contributed by atoms with Gasteiger partial charge in [-0.05, 0) is 17.3 Å². The molecule has 0 unspecified atom stereocenters. The topological polar surface area (TPSA) is 57.6 Å². The first-order valence-corrected chi connectivity index (χ1v) is 4.65. The van der Waals surface area contributed by atoms with Crippen LogP contribution in [-0.4, -0.2) is 31.2 Å². The van der Waals surface area contributed by atoms with Gasteiger partial charge < -0.3 is 10.2 Å². The average molecular weight is 192 g/mol. The summed E-state index contributed by atoms with van der Waals surface area (Å²) in [6, 6.07) is 3.53. The lowest BCUT2D eigenvalue weighted by Crippen LogP contribution is -2.43. The smallest absolute Gasteiger partial charge is 0.128 e. The lowest BCUT2D eigenvalue weighted by Gasteiger charge is -2.28. The number of hydrogen-bond acceptors (Lipinski definition) is 5. The van der Waals surface area contributed by atoms with Crippen molar-refractivity contribution in [3.05, 3.63) is 23.2 Å². The van der Waals surface area contributed by atoms with Crippen molar-refractivity contribution in [2.75, 3.05) is 31.1 Å². The average Bonchev–Trinajstić information content (AvgIpc) is 2.30. The van der Waals surface area contributed by atoms with E-state index in [1.807, 2.05) is 6.07 Å². The minimum Gasteiger partial charge on any atom is -0.354 e. The molecule has 1 aromatic rings. The maximum atomic E-state index is 10.2. The summed E-state index contributed by atoms with van der Waals surface area (Å²) in [5.74, 6) is 0.916. The van der Waals surface area contributed by atoms with Crippen LogP contribution in [0.2, 0.25) is 0 Å². The Morgan fingerprint density at radius 1 is 1.36 bits per heavy atom. The van der Waals surface area contributed by atoms with Gasteiger partial charge in [0.25, 0.3) is 0 Å². The Bertz CT molecular complexity index is 305. The molecule has 2 rings (SSSR count). The Balaban J connectivity index is 2.11. The second-order valence-electron chi connectivity index (χ2n) is 3.20. The van der Waals surface area contributed by atoms with Gasteiger partial charge in [-0.15, -0.1) is 4.91 Å². The first-order chi connectivity index (χ1) is 6.90. The molecule has 0 spiro atoms. The Kier molecular flexibility index (Phi) is 2.69. The molecule has 1 aliphatic rings. The minimum absolute atomic E-state index is 0.379. The number of nitrogens with one attached hydrogen (secondary N) is 1. The number of aromatic nitrogens is 1. The van der Waals surface area contributed by atoms with E-state index in [1.54, 1.807) is 6.07 Å². The van der Waals surface area contributed by atoms with Crippen molar-refractivity contribution >= 4 is 11.5 Å². The number of rotatable bonds is 2. The number of nitrogens with zero attached hydrogens (tertiary/aromatic N) is 3. The fraction of sp³-hybridized carbons (Fsp3) is 0.444. The highest BCUT2D eigenvalue weighted by molar-refractivity contribution is 5.45. The van der Waals surface area contributed by atoms with Crippen LogP contribution in [0.3, 0.4) is 0 Å². The second-order valence-corrected chi connectivity index (χ2v) is 3.20. The molecule has 5 heteroatoms. The standard InChI is InChI=1S/C9H12N4O/c14-12-8-1-2-9(11-7-8)13-5-3-10-4-6-13/h1-2,7,10H,3-6H2. The summed E-state index contributed by atoms with van der Waals surface area (Å²) in [5, 5.41) is 6.08. The summed E-state index contributed by atoms with van der Waals surface area (Å²) in [7, 11) is 0. The number of anilines is 1. The highest BCUT2D eigenvalue weighted by atomic mass is 16.3. The van der Waals surface area contributed by atoms with Crippen LogP contribution in [0.25, 0.3) is 0 Å². The molecule has 0 aromatic carbocycles. The van der Waals surface area contributed by atoms with Crippen molar-refractivity contribution in [1.29, 1.82) is 0 Å². The summed E-state index contributed by atoms with van der Waals surface area (Å²) >= 11 is 0. The first-order valence-electron chi connectivity index (χ1n) is 4.65. The Labute approximate surface area is 82.1 Å². The van der Waals surface area contributed by atoms with Crippen LogP contribution in [0.5, 0.6) is 0 Å². The SMILES string of the molecule is O=Nc1ccc(N2CCNCC2)nc1. The molecular weight excluding hydrogens is 180 g/mol. The van der Waals surface area contributed by atoms with Gasteiger partial charge in [-0.3, -0.25) is 0 Å². The zero-order valence-corrected chi connectivity index (χ0v) is 7.81. The van der Waals surface area contributed by atoms with Crippen molar-refractivity contribution in [3.63, 3.8) is 0 Å². The summed E-state index contributed by atoms with van der Waals surface area (Å²) in [5.41, 5.74) is 0.379. The molecule has 1 aromatic heterocycles. The number of pyridine rings is 1. The fourth-order valence-corrected chi connectivity index (χ4v) is 1.51. The molecule has 14 heavy (non-hydrogen) atoms. The van der Waals surface area contributed by atoms with Gasteiger partial charge in [-0.2, -0.15) is 0 Å². The molecule has 0 amide bonds. The van der Waals surface area contributed by atoms with E-state index >= 15 is 0 Å². The van der Waals surface area contributed by atoms with Gasteiger partial charge in [-0.25, -0.2) is 4.98 Å². The monoisotopic (exact) mass is 192 g/mol. The molecule has 2 heterocycles. The largest absolute Gasteiger partial charge is 0.354 e. The zero-order chi connectivity index (χ0) is 9.80. The molecule has 1 saturated heterocycles. The van der Waals surface area contributed by atoms with Gasteiger partial charge in [0.15, 0.2) is 0 Å². The van der Waals surface area contributed by atoms with Crippen molar-refractivity contribution in [3.8, 4) is 0 Å². The number of nitroso groups, excluding NO2 is 1. The molecule has 74 valence electrons. The highest BCUT2D eigenvalue weighted by Gasteiger charge is 2.10. The first kappa shape index (κ1) is 9.08. The second kappa shape index (κ2) is 4.15. The van der Waals surface area contributed by atoms with Crippen molar-refractivity contribution in [1.82, 2.24) is 10.3 Å². The van der Waals surface area contributed by atoms with Crippen LogP contribution < -0.4 is 10.2 Å². The van der Waals surface area contributed by atoms with E-state index in [-0.39, 0.29) is 0 Å². The third-order valence-electron chi connectivity index (χ3n) is 2.28. The lowest BCUT2D eigenvalue weighted by atomic mass is 10.3. The van der Waals surface area contributed by atoms with Gasteiger partial charge >= 0.3 is 0 Å². The molecule has 0 aliphatic carbocycles. The van der Waals surface area contributed by atoms with Crippen LogP contribution in [0, 0.1) is 4.91 Å². The fourth-order valence-electron chi connectivity index (χ4n) is 1.51. The summed E-state index contributed by atoms with van der Waals surface area (Å²) in [6.45, 7) is 3.88. The predicted octanol–water partition coefficient (Wildman–Crippen LogP) is 0.889. The van der Waals surface area contributed by atoms with Gasteiger partial charge in [0.05, 0.1) is 6.20 Å². The van der Waals surface area contributed by atoms with Gasteiger partial charge in [0.1, 0.15) is 11.5 Å². The van der Waals surface area contributed by atoms with Crippen LogP contribution >= 0.6 is 0 Å². The molecule has 1 N–H and O–H groups in total. The number of hydrogen-bond donors (Lipinski definition) is 1. The zero-order valence-electron chi connectivity index (χ0n) is 7.81. The maximum absolute atomic E-state index is 10.2. The Morgan fingerprint density at radius 2 is 2.14 bits per heavy atom. The van der Waals surface area contributed by atoms with E-state index in [2.05, 4.69) is 20.4 Å². The molecule has 0 saturated carbocycles. The van der Waals surface area contributed by atoms with Crippen LogP contribution in [0.1, 0.15) is 0 Å². The van der Waals surface area contributed by atoms with E-state index in [9.17, 15) is 4.91 Å². The molecule has 5 nitrogen and oxygen atoms in total. The molecule has 1 aliphatic heterocycles. The van der Waals surface area contributed by atoms with E-state index in [1.165, 1.54) is 6.20 Å². The summed E-state index contributed by atoms with van der Waals surface area (Å²) in [4.78, 5) is 16.5. The summed E-state index contributed by atoms with van der Waals surface area (Å²) < 4.78 is 0. The maximum Gasteiger partial charge on any atom is 0.128 e. The van der Waals surface area contributed by atoms with Gasteiger partial charge in [0, 0.05) is 26.2 Å². The third kappa shape index (κ3) is 1.88. The molecule has 0 radical (unpaired) electrons. The lowest BCUT2D eigenvalue weighted by molar-refractivity contribution is 0.585. The van der Waals surface area contributed by atoms with Crippen LogP contribution in [0.4, 0.5) is 11.5 Å². The predicted molar refractivity (Wildman–Crippen MR) is 54.8 cm³/mol. The summed E-state index contributed by atoms with van der Waals surface area (Å²) in [6.07, 6.45) is 1.50. The molecular formula is C9H12N4O. The quantitative estimate of drug-likeness (QED) is 0.707. The van der Waals surface area contributed by atoms with E-state index in [0.29, 0.717) is 5.69 Å². The highest BCUT2D eigenvalue weighted by Crippen LogP contribution is 2.15. The van der Waals surface area contributed by atoms with E-state index in [0.717, 1.165) is 32.0 Å². The molecule has 0 bridgehead atoms. The van der Waals surface area contributed by atoms with E-state index in [4.69, 9.17) is 0 Å². The third-order valence-corrected chi connectivity index (χ3v) is 2.28. The normalized spacial score (nSPS) is 16.7. The van der Waals surface area contributed by atoms with Crippen molar-refractivity contribution in [2.45, 2.75) is 0 Å². The Morgan fingerprint density at radius 3 is 2.71 bits per heavy atom. The Hall–Kier alpha value is -1.49. The molecule has 1 fully saturated rings. The minimum atomic E-state index is 0.379. The van der Waals surface area contributed by atoms with Crippen molar-refractivity contribution < 1.29 is 0 Å². The van der Waals surface area contributed by atoms with Crippen molar-refractivity contribution in [2.24, 2.45) is 5.18 Å². The van der Waals surface area contributed by atoms with E-state index < -0.39 is 0 Å².